The maximum absolute atomic E-state index is 13.7. The summed E-state index contributed by atoms with van der Waals surface area (Å²) in [6, 6.07) is 12.2. The van der Waals surface area contributed by atoms with Crippen LogP contribution in [-0.2, 0) is 10.0 Å². The van der Waals surface area contributed by atoms with E-state index < -0.39 is 15.8 Å². The fourth-order valence-corrected chi connectivity index (χ4v) is 3.63. The topological polar surface area (TPSA) is 72.2 Å². The van der Waals surface area contributed by atoms with Gasteiger partial charge in [0.15, 0.2) is 5.76 Å². The lowest BCUT2D eigenvalue weighted by Crippen LogP contribution is -2.15. The number of sulfonamides is 1. The van der Waals surface area contributed by atoms with Crippen LogP contribution in [0.1, 0.15) is 11.3 Å². The third-order valence-corrected chi connectivity index (χ3v) is 5.02. The Morgan fingerprint density at radius 2 is 1.83 bits per heavy atom. The van der Waals surface area contributed by atoms with Crippen LogP contribution in [0.15, 0.2) is 57.9 Å². The number of hydrogen-bond donors (Lipinski definition) is 1. The molecule has 0 aliphatic rings. The van der Waals surface area contributed by atoms with Crippen molar-refractivity contribution in [3.8, 4) is 11.3 Å². The van der Waals surface area contributed by atoms with Gasteiger partial charge in [0.05, 0.1) is 16.3 Å². The van der Waals surface area contributed by atoms with Gasteiger partial charge in [-0.1, -0.05) is 29.4 Å². The summed E-state index contributed by atoms with van der Waals surface area (Å²) in [6.07, 6.45) is 0. The van der Waals surface area contributed by atoms with Crippen LogP contribution in [0, 0.1) is 19.7 Å². The third-order valence-electron chi connectivity index (χ3n) is 3.51. The summed E-state index contributed by atoms with van der Waals surface area (Å²) in [5.74, 6) is -0.171. The van der Waals surface area contributed by atoms with Crippen molar-refractivity contribution >= 4 is 15.7 Å². The molecule has 1 N–H and O–H groups in total. The Hall–Kier alpha value is -2.67. The number of nitrogens with zero attached hydrogens (tertiary/aromatic N) is 1. The Balaban J connectivity index is 2.03. The van der Waals surface area contributed by atoms with E-state index in [1.54, 1.807) is 38.1 Å². The van der Waals surface area contributed by atoms with Gasteiger partial charge in [-0.05, 0) is 37.6 Å². The SMILES string of the molecule is Cc1cc(-c2ccc(C)c(S(=O)(=O)Nc3ccccc3F)c2)on1. The number of nitrogens with one attached hydrogen (secondary N) is 1. The normalized spacial score (nSPS) is 11.5. The van der Waals surface area contributed by atoms with Gasteiger partial charge in [0.25, 0.3) is 10.0 Å². The highest BCUT2D eigenvalue weighted by molar-refractivity contribution is 7.92. The molecule has 0 atom stereocenters. The molecule has 0 fully saturated rings. The molecule has 24 heavy (non-hydrogen) atoms. The first kappa shape index (κ1) is 16.2. The van der Waals surface area contributed by atoms with E-state index in [-0.39, 0.29) is 10.6 Å². The van der Waals surface area contributed by atoms with E-state index in [0.717, 1.165) is 0 Å². The summed E-state index contributed by atoms with van der Waals surface area (Å²) < 4.78 is 46.5. The monoisotopic (exact) mass is 346 g/mol. The minimum absolute atomic E-state index is 0.0531. The largest absolute Gasteiger partial charge is 0.356 e. The first-order valence-corrected chi connectivity index (χ1v) is 8.67. The Labute approximate surface area is 139 Å². The first-order valence-electron chi connectivity index (χ1n) is 7.18. The quantitative estimate of drug-likeness (QED) is 0.778. The van der Waals surface area contributed by atoms with Gasteiger partial charge in [-0.25, -0.2) is 12.8 Å². The molecular weight excluding hydrogens is 331 g/mol. The zero-order chi connectivity index (χ0) is 17.3. The van der Waals surface area contributed by atoms with Gasteiger partial charge in [0.2, 0.25) is 0 Å². The van der Waals surface area contributed by atoms with E-state index >= 15 is 0 Å². The molecule has 0 amide bonds. The molecule has 7 heteroatoms. The van der Waals surface area contributed by atoms with Gasteiger partial charge in [-0.3, -0.25) is 4.72 Å². The van der Waals surface area contributed by atoms with E-state index in [9.17, 15) is 12.8 Å². The summed E-state index contributed by atoms with van der Waals surface area (Å²) in [5.41, 5.74) is 1.71. The van der Waals surface area contributed by atoms with Crippen LogP contribution in [-0.4, -0.2) is 13.6 Å². The molecule has 124 valence electrons. The summed E-state index contributed by atoms with van der Waals surface area (Å²) in [7, 11) is -3.94. The standard InChI is InChI=1S/C17H15FN2O3S/c1-11-7-8-13(16-9-12(2)19-23-16)10-17(11)24(21,22)20-15-6-4-3-5-14(15)18/h3-10,20H,1-2H3. The summed E-state index contributed by atoms with van der Waals surface area (Å²) in [4.78, 5) is 0.0531. The predicted molar refractivity (Wildman–Crippen MR) is 88.6 cm³/mol. The maximum Gasteiger partial charge on any atom is 0.262 e. The number of hydrogen-bond acceptors (Lipinski definition) is 4. The van der Waals surface area contributed by atoms with E-state index in [0.29, 0.717) is 22.6 Å². The highest BCUT2D eigenvalue weighted by Gasteiger charge is 2.20. The van der Waals surface area contributed by atoms with Crippen molar-refractivity contribution in [3.63, 3.8) is 0 Å². The molecule has 0 saturated heterocycles. The zero-order valence-electron chi connectivity index (χ0n) is 13.1. The second-order valence-corrected chi connectivity index (χ2v) is 7.05. The van der Waals surface area contributed by atoms with Crippen LogP contribution in [0.4, 0.5) is 10.1 Å². The highest BCUT2D eigenvalue weighted by atomic mass is 32.2. The number of para-hydroxylation sites is 1. The number of rotatable bonds is 4. The van der Waals surface area contributed by atoms with Gasteiger partial charge in [-0.2, -0.15) is 0 Å². The van der Waals surface area contributed by atoms with E-state index in [1.807, 2.05) is 0 Å². The van der Waals surface area contributed by atoms with Crippen molar-refractivity contribution < 1.29 is 17.3 Å². The summed E-state index contributed by atoms with van der Waals surface area (Å²) >= 11 is 0. The molecule has 2 aromatic carbocycles. The number of halogens is 1. The molecule has 0 spiro atoms. The minimum atomic E-state index is -3.94. The maximum atomic E-state index is 13.7. The fraction of sp³-hybridized carbons (Fsp3) is 0.118. The molecule has 1 aromatic heterocycles. The summed E-state index contributed by atoms with van der Waals surface area (Å²) in [5, 5.41) is 3.80. The number of anilines is 1. The molecule has 0 radical (unpaired) electrons. The van der Waals surface area contributed by atoms with E-state index in [2.05, 4.69) is 9.88 Å². The second kappa shape index (κ2) is 6.09. The van der Waals surface area contributed by atoms with Crippen molar-refractivity contribution in [2.45, 2.75) is 18.7 Å². The van der Waals surface area contributed by atoms with Gasteiger partial charge in [0.1, 0.15) is 5.82 Å². The van der Waals surface area contributed by atoms with E-state index in [4.69, 9.17) is 4.52 Å². The van der Waals surface area contributed by atoms with Crippen molar-refractivity contribution in [2.75, 3.05) is 4.72 Å². The van der Waals surface area contributed by atoms with Crippen molar-refractivity contribution in [1.29, 1.82) is 0 Å². The average Bonchev–Trinajstić information content (AvgIpc) is 2.96. The lowest BCUT2D eigenvalue weighted by Gasteiger charge is -2.12. The molecule has 1 heterocycles. The molecule has 5 nitrogen and oxygen atoms in total. The molecule has 0 unspecified atom stereocenters. The van der Waals surface area contributed by atoms with Crippen molar-refractivity contribution in [1.82, 2.24) is 5.16 Å². The number of aryl methyl sites for hydroxylation is 2. The van der Waals surface area contributed by atoms with Crippen LogP contribution >= 0.6 is 0 Å². The van der Waals surface area contributed by atoms with Crippen LogP contribution in [0.3, 0.4) is 0 Å². The van der Waals surface area contributed by atoms with Crippen molar-refractivity contribution in [3.05, 3.63) is 65.6 Å². The molecule has 0 aliphatic carbocycles. The Morgan fingerprint density at radius 3 is 2.50 bits per heavy atom. The molecule has 0 saturated carbocycles. The Morgan fingerprint density at radius 1 is 1.08 bits per heavy atom. The molecule has 0 bridgehead atoms. The zero-order valence-corrected chi connectivity index (χ0v) is 13.9. The van der Waals surface area contributed by atoms with E-state index in [1.165, 1.54) is 24.3 Å². The van der Waals surface area contributed by atoms with Crippen LogP contribution in [0.5, 0.6) is 0 Å². The van der Waals surface area contributed by atoms with Crippen molar-refractivity contribution in [2.24, 2.45) is 0 Å². The summed E-state index contributed by atoms with van der Waals surface area (Å²) in [6.45, 7) is 3.45. The van der Waals surface area contributed by atoms with Crippen LogP contribution in [0.25, 0.3) is 11.3 Å². The molecule has 3 rings (SSSR count). The first-order chi connectivity index (χ1) is 11.4. The molecule has 3 aromatic rings. The van der Waals surface area contributed by atoms with Gasteiger partial charge >= 0.3 is 0 Å². The second-order valence-electron chi connectivity index (χ2n) is 5.40. The number of benzene rings is 2. The minimum Gasteiger partial charge on any atom is -0.356 e. The Bertz CT molecular complexity index is 997. The third kappa shape index (κ3) is 3.16. The van der Waals surface area contributed by atoms with Gasteiger partial charge < -0.3 is 4.52 Å². The highest BCUT2D eigenvalue weighted by Crippen LogP contribution is 2.27. The van der Waals surface area contributed by atoms with Crippen LogP contribution < -0.4 is 4.72 Å². The molecule has 0 aliphatic heterocycles. The molecular formula is C17H15FN2O3S. The smallest absolute Gasteiger partial charge is 0.262 e. The number of aromatic nitrogens is 1. The predicted octanol–water partition coefficient (Wildman–Crippen LogP) is 3.90. The van der Waals surface area contributed by atoms with Gasteiger partial charge in [0, 0.05) is 11.6 Å². The van der Waals surface area contributed by atoms with Crippen LogP contribution in [0.2, 0.25) is 0 Å². The van der Waals surface area contributed by atoms with Gasteiger partial charge in [-0.15, -0.1) is 0 Å². The lowest BCUT2D eigenvalue weighted by atomic mass is 10.1. The Kier molecular flexibility index (Phi) is 4.11. The average molecular weight is 346 g/mol. The fourth-order valence-electron chi connectivity index (χ4n) is 2.29. The lowest BCUT2D eigenvalue weighted by molar-refractivity contribution is 0.427.